The molecule has 6 atom stereocenters. The molecule has 0 saturated carbocycles. The molecule has 1 aromatic rings. The molecule has 0 bridgehead atoms. The molecule has 1 aromatic carbocycles. The Hall–Kier alpha value is -2.00. The summed E-state index contributed by atoms with van der Waals surface area (Å²) in [7, 11) is 3.09. The lowest BCUT2D eigenvalue weighted by Gasteiger charge is -2.40. The fourth-order valence-electron chi connectivity index (χ4n) is 3.61. The van der Waals surface area contributed by atoms with Crippen LogP contribution >= 0.6 is 0 Å². The first-order valence-corrected chi connectivity index (χ1v) is 10.3. The number of hydrogen-bond acceptors (Lipinski definition) is 8. The smallest absolute Gasteiger partial charge is 0.212 e. The lowest BCUT2D eigenvalue weighted by molar-refractivity contribution is -0.275. The summed E-state index contributed by atoms with van der Waals surface area (Å²) in [6, 6.07) is 8.82. The van der Waals surface area contributed by atoms with Gasteiger partial charge in [0.1, 0.15) is 24.4 Å². The highest BCUT2D eigenvalue weighted by atomic mass is 16.7. The summed E-state index contributed by atoms with van der Waals surface area (Å²) in [5.41, 5.74) is 1.03. The summed E-state index contributed by atoms with van der Waals surface area (Å²) in [6.45, 7) is 6.54. The third kappa shape index (κ3) is 5.18. The molecule has 0 amide bonds. The van der Waals surface area contributed by atoms with E-state index in [-0.39, 0.29) is 12.0 Å². The topological polar surface area (TPSA) is 91.1 Å². The first-order valence-electron chi connectivity index (χ1n) is 10.3. The Kier molecular flexibility index (Phi) is 7.82. The minimum atomic E-state index is -1.05. The van der Waals surface area contributed by atoms with E-state index in [0.717, 1.165) is 5.56 Å². The molecule has 2 aliphatic rings. The second kappa shape index (κ2) is 10.3. The van der Waals surface area contributed by atoms with Gasteiger partial charge in [-0.2, -0.15) is 0 Å². The monoisotopic (exact) mass is 420 g/mol. The summed E-state index contributed by atoms with van der Waals surface area (Å²) < 4.78 is 28.5. The zero-order valence-corrected chi connectivity index (χ0v) is 18.2. The van der Waals surface area contributed by atoms with Gasteiger partial charge in [0.2, 0.25) is 11.8 Å². The van der Waals surface area contributed by atoms with E-state index in [1.165, 1.54) is 7.11 Å². The van der Waals surface area contributed by atoms with Crippen molar-refractivity contribution in [1.29, 1.82) is 0 Å². The van der Waals surface area contributed by atoms with Crippen LogP contribution in [0, 0.1) is 5.92 Å². The van der Waals surface area contributed by atoms with Crippen LogP contribution in [0.2, 0.25) is 0 Å². The Labute approximate surface area is 177 Å². The van der Waals surface area contributed by atoms with Crippen molar-refractivity contribution in [2.24, 2.45) is 15.9 Å². The first kappa shape index (κ1) is 22.7. The number of aliphatic imine (C=N–C) groups is 2. The predicted molar refractivity (Wildman–Crippen MR) is 113 cm³/mol. The molecule has 30 heavy (non-hydrogen) atoms. The standard InChI is InChI=1S/C22H32N2O6/c1-13(2)17-21(26-4)24-18(22(23-17)27-5)19(25)20-16(12-28-14(3)30-20)29-11-15-9-7-6-8-10-15/h6-10,13-14,16-20,25H,11-12H2,1-5H3/t14-,16-,17-,18-,19?,20-/m1/s1. The van der Waals surface area contributed by atoms with Crippen LogP contribution in [0.25, 0.3) is 0 Å². The SMILES string of the molecule is COC1=N[C@H](C(O)[C@@H]2O[C@H](C)OC[C@H]2OCc2ccccc2)C(OC)=N[C@@H]1C(C)C. The van der Waals surface area contributed by atoms with E-state index in [2.05, 4.69) is 9.98 Å². The predicted octanol–water partition coefficient (Wildman–Crippen LogP) is 2.19. The number of hydrogen-bond donors (Lipinski definition) is 1. The summed E-state index contributed by atoms with van der Waals surface area (Å²) in [5.74, 6) is 0.997. The van der Waals surface area contributed by atoms with Crippen LogP contribution < -0.4 is 0 Å². The normalized spacial score (nSPS) is 30.4. The molecular formula is C22H32N2O6. The molecule has 8 nitrogen and oxygen atoms in total. The molecule has 0 aromatic heterocycles. The van der Waals surface area contributed by atoms with Gasteiger partial charge in [0, 0.05) is 0 Å². The van der Waals surface area contributed by atoms with Gasteiger partial charge in [-0.3, -0.25) is 0 Å². The van der Waals surface area contributed by atoms with Crippen molar-refractivity contribution in [2.75, 3.05) is 20.8 Å². The third-order valence-corrected chi connectivity index (χ3v) is 5.27. The van der Waals surface area contributed by atoms with E-state index in [4.69, 9.17) is 23.7 Å². The first-order chi connectivity index (χ1) is 14.4. The van der Waals surface area contributed by atoms with Crippen LogP contribution in [0.3, 0.4) is 0 Å². The largest absolute Gasteiger partial charge is 0.483 e. The number of benzene rings is 1. The molecule has 1 unspecified atom stereocenters. The fourth-order valence-corrected chi connectivity index (χ4v) is 3.61. The molecule has 0 aliphatic carbocycles. The van der Waals surface area contributed by atoms with Gasteiger partial charge in [-0.1, -0.05) is 44.2 Å². The number of aliphatic hydroxyl groups is 1. The number of aliphatic hydroxyl groups excluding tert-OH is 1. The van der Waals surface area contributed by atoms with Crippen LogP contribution in [0.15, 0.2) is 40.3 Å². The molecule has 2 heterocycles. The quantitative estimate of drug-likeness (QED) is 0.759. The zero-order valence-electron chi connectivity index (χ0n) is 18.2. The van der Waals surface area contributed by atoms with Gasteiger partial charge in [0.25, 0.3) is 0 Å². The summed E-state index contributed by atoms with van der Waals surface area (Å²) in [5, 5.41) is 11.2. The molecule has 0 radical (unpaired) electrons. The highest BCUT2D eigenvalue weighted by Crippen LogP contribution is 2.26. The van der Waals surface area contributed by atoms with E-state index in [1.54, 1.807) is 14.0 Å². The van der Waals surface area contributed by atoms with Gasteiger partial charge in [-0.05, 0) is 18.4 Å². The maximum atomic E-state index is 11.2. The lowest BCUT2D eigenvalue weighted by Crippen LogP contribution is -2.56. The van der Waals surface area contributed by atoms with Crippen LogP contribution in [-0.2, 0) is 30.3 Å². The third-order valence-electron chi connectivity index (χ3n) is 5.27. The molecule has 0 spiro atoms. The molecule has 1 saturated heterocycles. The Morgan fingerprint density at radius 3 is 2.33 bits per heavy atom. The summed E-state index contributed by atoms with van der Waals surface area (Å²) in [4.78, 5) is 9.26. The van der Waals surface area contributed by atoms with Crippen LogP contribution in [-0.4, -0.2) is 74.4 Å². The Balaban J connectivity index is 1.79. The number of nitrogens with zero attached hydrogens (tertiary/aromatic N) is 2. The second-order valence-electron chi connectivity index (χ2n) is 7.80. The average molecular weight is 421 g/mol. The van der Waals surface area contributed by atoms with Crippen molar-refractivity contribution in [3.63, 3.8) is 0 Å². The Bertz CT molecular complexity index is 738. The highest BCUT2D eigenvalue weighted by Gasteiger charge is 2.44. The summed E-state index contributed by atoms with van der Waals surface area (Å²) in [6.07, 6.45) is -2.66. The summed E-state index contributed by atoms with van der Waals surface area (Å²) >= 11 is 0. The molecule has 3 rings (SSSR count). The highest BCUT2D eigenvalue weighted by molar-refractivity contribution is 5.94. The maximum absolute atomic E-state index is 11.2. The van der Waals surface area contributed by atoms with E-state index < -0.39 is 30.6 Å². The minimum absolute atomic E-state index is 0.174. The minimum Gasteiger partial charge on any atom is -0.483 e. The van der Waals surface area contributed by atoms with E-state index in [9.17, 15) is 5.11 Å². The van der Waals surface area contributed by atoms with Crippen molar-refractivity contribution < 1.29 is 28.8 Å². The second-order valence-corrected chi connectivity index (χ2v) is 7.80. The Morgan fingerprint density at radius 1 is 1.07 bits per heavy atom. The maximum Gasteiger partial charge on any atom is 0.212 e. The zero-order chi connectivity index (χ0) is 21.7. The fraction of sp³-hybridized carbons (Fsp3) is 0.636. The number of ether oxygens (including phenoxy) is 5. The molecule has 8 heteroatoms. The van der Waals surface area contributed by atoms with Crippen molar-refractivity contribution in [3.05, 3.63) is 35.9 Å². The van der Waals surface area contributed by atoms with E-state index >= 15 is 0 Å². The lowest BCUT2D eigenvalue weighted by atomic mass is 9.97. The molecule has 1 N–H and O–H groups in total. The van der Waals surface area contributed by atoms with Crippen molar-refractivity contribution in [1.82, 2.24) is 0 Å². The number of rotatable bonds is 6. The van der Waals surface area contributed by atoms with Gasteiger partial charge >= 0.3 is 0 Å². The van der Waals surface area contributed by atoms with Gasteiger partial charge in [0.15, 0.2) is 12.3 Å². The Morgan fingerprint density at radius 2 is 1.70 bits per heavy atom. The molecule has 166 valence electrons. The van der Waals surface area contributed by atoms with Crippen molar-refractivity contribution in [2.45, 2.75) is 64.1 Å². The van der Waals surface area contributed by atoms with Gasteiger partial charge < -0.3 is 28.8 Å². The van der Waals surface area contributed by atoms with Crippen molar-refractivity contribution >= 4 is 11.8 Å². The van der Waals surface area contributed by atoms with Crippen molar-refractivity contribution in [3.8, 4) is 0 Å². The van der Waals surface area contributed by atoms with E-state index in [1.807, 2.05) is 44.2 Å². The van der Waals surface area contributed by atoms with Crippen LogP contribution in [0.1, 0.15) is 26.3 Å². The molecular weight excluding hydrogens is 388 g/mol. The van der Waals surface area contributed by atoms with Gasteiger partial charge in [-0.15, -0.1) is 0 Å². The average Bonchev–Trinajstić information content (AvgIpc) is 2.77. The number of methoxy groups -OCH3 is 2. The molecule has 2 aliphatic heterocycles. The van der Waals surface area contributed by atoms with Gasteiger partial charge in [-0.25, -0.2) is 9.98 Å². The van der Waals surface area contributed by atoms with Crippen LogP contribution in [0.4, 0.5) is 0 Å². The molecule has 1 fully saturated rings. The van der Waals surface area contributed by atoms with Crippen LogP contribution in [0.5, 0.6) is 0 Å². The van der Waals surface area contributed by atoms with E-state index in [0.29, 0.717) is 25.0 Å². The van der Waals surface area contributed by atoms with Gasteiger partial charge in [0.05, 0.1) is 27.4 Å².